The highest BCUT2D eigenvalue weighted by Crippen LogP contribution is 2.24. The lowest BCUT2D eigenvalue weighted by atomic mass is 9.91. The van der Waals surface area contributed by atoms with Crippen LogP contribution in [-0.4, -0.2) is 35.5 Å². The normalized spacial score (nSPS) is 15.3. The maximum absolute atomic E-state index is 12.3. The van der Waals surface area contributed by atoms with Crippen LogP contribution in [0, 0.1) is 5.92 Å². The average molecular weight is 379 g/mol. The zero-order valence-corrected chi connectivity index (χ0v) is 15.8. The van der Waals surface area contributed by atoms with Crippen LogP contribution >= 0.6 is 22.9 Å². The second kappa shape index (κ2) is 9.20. The van der Waals surface area contributed by atoms with Crippen molar-refractivity contribution in [2.75, 3.05) is 19.7 Å². The highest BCUT2D eigenvalue weighted by Gasteiger charge is 2.24. The quantitative estimate of drug-likeness (QED) is 0.643. The molecule has 1 fully saturated rings. The number of ether oxygens (including phenoxy) is 1. The van der Waals surface area contributed by atoms with Crippen LogP contribution in [0.15, 0.2) is 35.2 Å². The van der Waals surface area contributed by atoms with Gasteiger partial charge >= 0.3 is 0 Å². The van der Waals surface area contributed by atoms with Gasteiger partial charge in [0.25, 0.3) is 5.91 Å². The first-order valence-corrected chi connectivity index (χ1v) is 10.1. The molecule has 134 valence electrons. The van der Waals surface area contributed by atoms with E-state index in [-0.39, 0.29) is 5.91 Å². The van der Waals surface area contributed by atoms with Crippen LogP contribution in [0.25, 0.3) is 0 Å². The Morgan fingerprint density at radius 3 is 2.88 bits per heavy atom. The third kappa shape index (κ3) is 5.44. The number of aromatic nitrogens is 1. The molecule has 0 saturated carbocycles. The zero-order chi connectivity index (χ0) is 17.5. The number of likely N-dealkylation sites (tertiary alicyclic amines) is 1. The largest absolute Gasteiger partial charge is 0.494 e. The Morgan fingerprint density at radius 2 is 2.16 bits per heavy atom. The number of halogens is 1. The van der Waals surface area contributed by atoms with Gasteiger partial charge in [-0.25, -0.2) is 4.98 Å². The van der Waals surface area contributed by atoms with E-state index in [1.165, 1.54) is 17.8 Å². The number of nitrogens with zero attached hydrogens (tertiary/aromatic N) is 2. The third-order valence-corrected chi connectivity index (χ3v) is 5.45. The van der Waals surface area contributed by atoms with Crippen LogP contribution in [0.2, 0.25) is 5.02 Å². The summed E-state index contributed by atoms with van der Waals surface area (Å²) in [5, 5.41) is 2.53. The smallest absolute Gasteiger partial charge is 0.273 e. The van der Waals surface area contributed by atoms with E-state index in [0.29, 0.717) is 16.6 Å². The molecule has 1 aliphatic rings. The summed E-state index contributed by atoms with van der Waals surface area (Å²) in [6.45, 7) is 2.42. The maximum atomic E-state index is 12.3. The standard InChI is InChI=1S/C19H23ClN2O2S/c20-16-5-3-6-17(12-16)24-11-2-1-4-15-7-9-22(10-8-15)19(23)18-13-25-14-21-18/h3,5-6,12-15H,1-2,4,7-11H2. The third-order valence-electron chi connectivity index (χ3n) is 4.62. The molecule has 6 heteroatoms. The number of hydrogen-bond donors (Lipinski definition) is 0. The van der Waals surface area contributed by atoms with Crippen molar-refractivity contribution in [1.29, 1.82) is 0 Å². The van der Waals surface area contributed by atoms with Crippen molar-refractivity contribution in [1.82, 2.24) is 9.88 Å². The molecule has 4 nitrogen and oxygen atoms in total. The lowest BCUT2D eigenvalue weighted by Gasteiger charge is -2.31. The predicted octanol–water partition coefficient (Wildman–Crippen LogP) is 4.90. The van der Waals surface area contributed by atoms with E-state index < -0.39 is 0 Å². The number of carbonyl (C=O) groups excluding carboxylic acids is 1. The molecule has 2 heterocycles. The molecular formula is C19H23ClN2O2S. The number of thiazole rings is 1. The molecule has 0 bridgehead atoms. The fourth-order valence-corrected chi connectivity index (χ4v) is 3.89. The fourth-order valence-electron chi connectivity index (χ4n) is 3.19. The first-order valence-electron chi connectivity index (χ1n) is 8.78. The van der Waals surface area contributed by atoms with Gasteiger partial charge in [-0.3, -0.25) is 4.79 Å². The second-order valence-electron chi connectivity index (χ2n) is 6.41. The van der Waals surface area contributed by atoms with Crippen LogP contribution in [0.4, 0.5) is 0 Å². The monoisotopic (exact) mass is 378 g/mol. The minimum Gasteiger partial charge on any atom is -0.494 e. The van der Waals surface area contributed by atoms with Gasteiger partial charge in [0.15, 0.2) is 0 Å². The van der Waals surface area contributed by atoms with Gasteiger partial charge in [-0.15, -0.1) is 11.3 Å². The number of rotatable bonds is 7. The lowest BCUT2D eigenvalue weighted by molar-refractivity contribution is 0.0680. The van der Waals surface area contributed by atoms with E-state index in [9.17, 15) is 4.79 Å². The molecule has 2 aromatic rings. The van der Waals surface area contributed by atoms with Crippen molar-refractivity contribution in [3.05, 3.63) is 45.9 Å². The summed E-state index contributed by atoms with van der Waals surface area (Å²) in [7, 11) is 0. The minimum absolute atomic E-state index is 0.0784. The number of piperidine rings is 1. The van der Waals surface area contributed by atoms with Gasteiger partial charge in [0, 0.05) is 23.5 Å². The van der Waals surface area contributed by atoms with Gasteiger partial charge in [0.1, 0.15) is 11.4 Å². The van der Waals surface area contributed by atoms with E-state index in [0.717, 1.165) is 51.1 Å². The van der Waals surface area contributed by atoms with Gasteiger partial charge < -0.3 is 9.64 Å². The average Bonchev–Trinajstić information content (AvgIpc) is 3.16. The Bertz CT molecular complexity index is 670. The van der Waals surface area contributed by atoms with E-state index in [4.69, 9.17) is 16.3 Å². The molecule has 1 aromatic carbocycles. The zero-order valence-electron chi connectivity index (χ0n) is 14.2. The van der Waals surface area contributed by atoms with Crippen molar-refractivity contribution in [3.8, 4) is 5.75 Å². The van der Waals surface area contributed by atoms with Gasteiger partial charge in [-0.1, -0.05) is 24.1 Å². The molecule has 1 saturated heterocycles. The Morgan fingerprint density at radius 1 is 1.32 bits per heavy atom. The molecule has 1 amide bonds. The summed E-state index contributed by atoms with van der Waals surface area (Å²) in [6.07, 6.45) is 5.59. The Labute approximate surface area is 157 Å². The highest BCUT2D eigenvalue weighted by molar-refractivity contribution is 7.07. The van der Waals surface area contributed by atoms with Gasteiger partial charge in [-0.05, 0) is 49.8 Å². The predicted molar refractivity (Wildman–Crippen MR) is 102 cm³/mol. The van der Waals surface area contributed by atoms with Crippen LogP contribution < -0.4 is 4.74 Å². The number of carbonyl (C=O) groups is 1. The van der Waals surface area contributed by atoms with Crippen molar-refractivity contribution in [2.24, 2.45) is 5.92 Å². The molecule has 3 rings (SSSR count). The lowest BCUT2D eigenvalue weighted by Crippen LogP contribution is -2.38. The first kappa shape index (κ1) is 18.2. The first-order chi connectivity index (χ1) is 12.2. The van der Waals surface area contributed by atoms with Crippen LogP contribution in [-0.2, 0) is 0 Å². The van der Waals surface area contributed by atoms with E-state index in [1.54, 1.807) is 5.51 Å². The summed E-state index contributed by atoms with van der Waals surface area (Å²) >= 11 is 7.41. The summed E-state index contributed by atoms with van der Waals surface area (Å²) in [5.41, 5.74) is 2.30. The van der Waals surface area contributed by atoms with Crippen LogP contribution in [0.5, 0.6) is 5.75 Å². The molecule has 1 aliphatic heterocycles. The number of benzene rings is 1. The molecule has 0 spiro atoms. The van der Waals surface area contributed by atoms with Gasteiger partial charge in [0.05, 0.1) is 12.1 Å². The number of unbranched alkanes of at least 4 members (excludes halogenated alkanes) is 1. The molecule has 0 radical (unpaired) electrons. The van der Waals surface area contributed by atoms with Crippen molar-refractivity contribution in [2.45, 2.75) is 32.1 Å². The minimum atomic E-state index is 0.0784. The fraction of sp³-hybridized carbons (Fsp3) is 0.474. The van der Waals surface area contributed by atoms with Crippen LogP contribution in [0.3, 0.4) is 0 Å². The summed E-state index contributed by atoms with van der Waals surface area (Å²) in [5.74, 6) is 1.63. The SMILES string of the molecule is O=C(c1cscn1)N1CCC(CCCCOc2cccc(Cl)c2)CC1. The summed E-state index contributed by atoms with van der Waals surface area (Å²) < 4.78 is 5.72. The Balaban J connectivity index is 1.30. The van der Waals surface area contributed by atoms with Gasteiger partial charge in [-0.2, -0.15) is 0 Å². The Kier molecular flexibility index (Phi) is 6.70. The molecular weight excluding hydrogens is 356 g/mol. The van der Waals surface area contributed by atoms with Crippen molar-refractivity contribution >= 4 is 28.8 Å². The molecule has 25 heavy (non-hydrogen) atoms. The van der Waals surface area contributed by atoms with Crippen molar-refractivity contribution in [3.63, 3.8) is 0 Å². The number of amides is 1. The second-order valence-corrected chi connectivity index (χ2v) is 7.57. The van der Waals surface area contributed by atoms with E-state index in [1.807, 2.05) is 34.5 Å². The summed E-state index contributed by atoms with van der Waals surface area (Å²) in [4.78, 5) is 18.3. The van der Waals surface area contributed by atoms with Gasteiger partial charge in [0.2, 0.25) is 0 Å². The molecule has 0 unspecified atom stereocenters. The van der Waals surface area contributed by atoms with Crippen molar-refractivity contribution < 1.29 is 9.53 Å². The van der Waals surface area contributed by atoms with E-state index in [2.05, 4.69) is 4.98 Å². The van der Waals surface area contributed by atoms with Crippen LogP contribution in [0.1, 0.15) is 42.6 Å². The number of hydrogen-bond acceptors (Lipinski definition) is 4. The molecule has 0 atom stereocenters. The summed E-state index contributed by atoms with van der Waals surface area (Å²) in [6, 6.07) is 7.52. The highest BCUT2D eigenvalue weighted by atomic mass is 35.5. The Hall–Kier alpha value is -1.59. The topological polar surface area (TPSA) is 42.4 Å². The molecule has 0 aliphatic carbocycles. The maximum Gasteiger partial charge on any atom is 0.273 e. The van der Waals surface area contributed by atoms with E-state index >= 15 is 0 Å². The molecule has 0 N–H and O–H groups in total. The molecule has 1 aromatic heterocycles.